The summed E-state index contributed by atoms with van der Waals surface area (Å²) < 4.78 is 34.7. The molecular weight excluding hydrogens is 312 g/mol. The number of nitrogens with zero attached hydrogens (tertiary/aromatic N) is 2. The van der Waals surface area contributed by atoms with Crippen molar-refractivity contribution >= 4 is 26.5 Å². The van der Waals surface area contributed by atoms with E-state index in [0.29, 0.717) is 11.4 Å². The molecule has 1 amide bonds. The summed E-state index contributed by atoms with van der Waals surface area (Å²) in [6.07, 6.45) is 1.31. The van der Waals surface area contributed by atoms with Crippen molar-refractivity contribution < 1.29 is 17.4 Å². The summed E-state index contributed by atoms with van der Waals surface area (Å²) in [7, 11) is -3.30. The molecule has 0 heterocycles. The molecule has 21 heavy (non-hydrogen) atoms. The van der Waals surface area contributed by atoms with Gasteiger partial charge in [0, 0.05) is 24.7 Å². The largest absolute Gasteiger partial charge is 0.344 e. The Hall–Kier alpha value is -1.72. The molecule has 0 saturated heterocycles. The van der Waals surface area contributed by atoms with Crippen LogP contribution in [-0.4, -0.2) is 49.0 Å². The van der Waals surface area contributed by atoms with E-state index >= 15 is 0 Å². The van der Waals surface area contributed by atoms with Crippen molar-refractivity contribution in [3.63, 3.8) is 0 Å². The first-order valence-corrected chi connectivity index (χ1v) is 9.26. The van der Waals surface area contributed by atoms with Gasteiger partial charge in [-0.25, -0.2) is 8.42 Å². The molecule has 1 unspecified atom stereocenters. The quantitative estimate of drug-likeness (QED) is 0.761. The Bertz CT molecular complexity index is 675. The summed E-state index contributed by atoms with van der Waals surface area (Å²) in [5.74, 6) is -0.518. The average Bonchev–Trinajstić information content (AvgIpc) is 2.43. The maximum atomic E-state index is 12.0. The normalized spacial score (nSPS) is 12.4. The van der Waals surface area contributed by atoms with E-state index in [4.69, 9.17) is 5.26 Å². The van der Waals surface area contributed by atoms with Crippen LogP contribution < -0.4 is 0 Å². The summed E-state index contributed by atoms with van der Waals surface area (Å²) in [5, 5.41) is 8.45. The van der Waals surface area contributed by atoms with E-state index in [2.05, 4.69) is 0 Å². The van der Waals surface area contributed by atoms with Crippen molar-refractivity contribution in [3.05, 3.63) is 24.3 Å². The number of hydrogen-bond acceptors (Lipinski definition) is 5. The highest BCUT2D eigenvalue weighted by Crippen LogP contribution is 2.13. The first-order chi connectivity index (χ1) is 9.75. The minimum atomic E-state index is -3.30. The number of carbonyl (C=O) groups excluding carboxylic acids is 1. The molecule has 0 aliphatic carbocycles. The zero-order valence-corrected chi connectivity index (χ0v) is 13.4. The summed E-state index contributed by atoms with van der Waals surface area (Å²) >= 11 is 0. The molecule has 0 spiro atoms. The van der Waals surface area contributed by atoms with Gasteiger partial charge in [-0.15, -0.1) is 0 Å². The van der Waals surface area contributed by atoms with Gasteiger partial charge in [0.15, 0.2) is 9.84 Å². The van der Waals surface area contributed by atoms with Crippen LogP contribution in [0.4, 0.5) is 0 Å². The lowest BCUT2D eigenvalue weighted by Crippen LogP contribution is -2.31. The number of rotatable bonds is 6. The number of hydrogen-bond donors (Lipinski definition) is 0. The third-order valence-corrected chi connectivity index (χ3v) is 5.19. The average molecular weight is 328 g/mol. The van der Waals surface area contributed by atoms with Crippen LogP contribution in [-0.2, 0) is 25.4 Å². The topological polar surface area (TPSA) is 95.3 Å². The molecule has 0 aromatic heterocycles. The van der Waals surface area contributed by atoms with Crippen molar-refractivity contribution in [2.24, 2.45) is 0 Å². The van der Waals surface area contributed by atoms with Crippen LogP contribution in [0.1, 0.15) is 6.42 Å². The fourth-order valence-electron chi connectivity index (χ4n) is 1.49. The number of amides is 1. The van der Waals surface area contributed by atoms with E-state index in [0.717, 1.165) is 6.26 Å². The zero-order chi connectivity index (χ0) is 16.0. The second-order valence-electron chi connectivity index (χ2n) is 4.46. The molecule has 1 rings (SSSR count). The maximum absolute atomic E-state index is 12.0. The highest BCUT2D eigenvalue weighted by atomic mass is 32.2. The summed E-state index contributed by atoms with van der Waals surface area (Å²) in [5.41, 5.74) is 0. The Morgan fingerprint density at radius 3 is 2.38 bits per heavy atom. The molecule has 0 aliphatic heterocycles. The van der Waals surface area contributed by atoms with Crippen molar-refractivity contribution in [2.45, 2.75) is 16.2 Å². The maximum Gasteiger partial charge on any atom is 0.235 e. The van der Waals surface area contributed by atoms with E-state index in [1.54, 1.807) is 7.05 Å². The van der Waals surface area contributed by atoms with E-state index in [-0.39, 0.29) is 23.0 Å². The van der Waals surface area contributed by atoms with E-state index in [1.165, 1.54) is 29.2 Å². The second kappa shape index (κ2) is 7.33. The molecule has 0 saturated carbocycles. The Balaban J connectivity index is 2.72. The van der Waals surface area contributed by atoms with Gasteiger partial charge < -0.3 is 4.90 Å². The molecular formula is C13H16N2O4S2. The van der Waals surface area contributed by atoms with Crippen molar-refractivity contribution in [1.29, 1.82) is 5.26 Å². The number of benzene rings is 1. The SMILES string of the molecule is CN(CCC#N)C(=O)CS(=O)c1ccc(S(C)(=O)=O)cc1. The van der Waals surface area contributed by atoms with Crippen LogP contribution >= 0.6 is 0 Å². The fraction of sp³-hybridized carbons (Fsp3) is 0.385. The number of carbonyl (C=O) groups is 1. The van der Waals surface area contributed by atoms with Gasteiger partial charge in [0.05, 0.1) is 28.2 Å². The van der Waals surface area contributed by atoms with E-state index in [9.17, 15) is 17.4 Å². The van der Waals surface area contributed by atoms with E-state index in [1.807, 2.05) is 6.07 Å². The minimum absolute atomic E-state index is 0.140. The van der Waals surface area contributed by atoms with Crippen LogP contribution in [0.3, 0.4) is 0 Å². The van der Waals surface area contributed by atoms with Crippen LogP contribution in [0.25, 0.3) is 0 Å². The number of sulfone groups is 1. The molecule has 0 N–H and O–H groups in total. The molecule has 1 aromatic carbocycles. The van der Waals surface area contributed by atoms with Gasteiger partial charge in [0.25, 0.3) is 0 Å². The van der Waals surface area contributed by atoms with Crippen LogP contribution in [0.5, 0.6) is 0 Å². The lowest BCUT2D eigenvalue weighted by Gasteiger charge is -2.15. The predicted molar refractivity (Wildman–Crippen MR) is 78.7 cm³/mol. The Morgan fingerprint density at radius 1 is 1.33 bits per heavy atom. The minimum Gasteiger partial charge on any atom is -0.344 e. The van der Waals surface area contributed by atoms with Gasteiger partial charge >= 0.3 is 0 Å². The third kappa shape index (κ3) is 5.28. The lowest BCUT2D eigenvalue weighted by atomic mass is 10.4. The molecule has 6 nitrogen and oxygen atoms in total. The zero-order valence-electron chi connectivity index (χ0n) is 11.8. The van der Waals surface area contributed by atoms with Crippen LogP contribution in [0, 0.1) is 11.3 Å². The van der Waals surface area contributed by atoms with Gasteiger partial charge in [0.1, 0.15) is 5.75 Å². The molecule has 114 valence electrons. The third-order valence-electron chi connectivity index (χ3n) is 2.75. The van der Waals surface area contributed by atoms with Crippen LogP contribution in [0.2, 0.25) is 0 Å². The Morgan fingerprint density at radius 2 is 1.90 bits per heavy atom. The molecule has 8 heteroatoms. The summed E-state index contributed by atoms with van der Waals surface area (Å²) in [6.45, 7) is 0.291. The van der Waals surface area contributed by atoms with Crippen LogP contribution in [0.15, 0.2) is 34.1 Å². The smallest absolute Gasteiger partial charge is 0.235 e. The van der Waals surface area contributed by atoms with Crippen molar-refractivity contribution in [3.8, 4) is 6.07 Å². The predicted octanol–water partition coefficient (Wildman–Crippen LogP) is 0.570. The Kier molecular flexibility index (Phi) is 6.05. The van der Waals surface area contributed by atoms with E-state index < -0.39 is 20.6 Å². The molecule has 1 aromatic rings. The highest BCUT2D eigenvalue weighted by Gasteiger charge is 2.15. The monoisotopic (exact) mass is 328 g/mol. The van der Waals surface area contributed by atoms with Gasteiger partial charge in [-0.3, -0.25) is 9.00 Å². The standard InChI is InChI=1S/C13H16N2O4S2/c1-15(9-3-8-14)13(16)10-20(17)11-4-6-12(7-5-11)21(2,18)19/h4-7H,3,9-10H2,1-2H3. The Labute approximate surface area is 126 Å². The molecule has 0 bridgehead atoms. The highest BCUT2D eigenvalue weighted by molar-refractivity contribution is 7.90. The molecule has 1 atom stereocenters. The van der Waals surface area contributed by atoms with Crippen molar-refractivity contribution in [1.82, 2.24) is 4.90 Å². The summed E-state index contributed by atoms with van der Waals surface area (Å²) in [4.78, 5) is 13.7. The summed E-state index contributed by atoms with van der Waals surface area (Å²) in [6, 6.07) is 7.55. The molecule has 0 fully saturated rings. The lowest BCUT2D eigenvalue weighted by molar-refractivity contribution is -0.127. The van der Waals surface area contributed by atoms with Gasteiger partial charge in [-0.1, -0.05) is 0 Å². The fourth-order valence-corrected chi connectivity index (χ4v) is 3.17. The second-order valence-corrected chi connectivity index (χ2v) is 7.92. The molecule has 0 aliphatic rings. The first-order valence-electron chi connectivity index (χ1n) is 6.05. The van der Waals surface area contributed by atoms with Gasteiger partial charge in [-0.05, 0) is 24.3 Å². The van der Waals surface area contributed by atoms with Crippen molar-refractivity contribution in [2.75, 3.05) is 25.6 Å². The number of nitriles is 1. The van der Waals surface area contributed by atoms with Gasteiger partial charge in [0.2, 0.25) is 5.91 Å². The van der Waals surface area contributed by atoms with Gasteiger partial charge in [-0.2, -0.15) is 5.26 Å². The molecule has 0 radical (unpaired) electrons. The first kappa shape index (κ1) is 17.3.